The van der Waals surface area contributed by atoms with E-state index in [1.165, 1.54) is 0 Å². The molecule has 2 N–H and O–H groups in total. The first-order valence-electron chi connectivity index (χ1n) is 4.47. The predicted molar refractivity (Wildman–Crippen MR) is 60.1 cm³/mol. The summed E-state index contributed by atoms with van der Waals surface area (Å²) in [6, 6.07) is 6.97. The number of carbonyl (C=O) groups is 1. The van der Waals surface area contributed by atoms with Gasteiger partial charge in [-0.3, -0.25) is 4.99 Å². The predicted octanol–water partition coefficient (Wildman–Crippen LogP) is 1.25. The molecule has 15 heavy (non-hydrogen) atoms. The fourth-order valence-corrected chi connectivity index (χ4v) is 1.87. The van der Waals surface area contributed by atoms with Crippen LogP contribution in [0.15, 0.2) is 33.7 Å². The van der Waals surface area contributed by atoms with Crippen LogP contribution >= 0.6 is 15.9 Å². The Balaban J connectivity index is 2.21. The van der Waals surface area contributed by atoms with E-state index < -0.39 is 12.0 Å². The van der Waals surface area contributed by atoms with Gasteiger partial charge in [-0.25, -0.2) is 4.79 Å². The second-order valence-corrected chi connectivity index (χ2v) is 4.06. The SMILES string of the molecule is O=C(O)C1CN=C(c2ccccc2Br)N1. The van der Waals surface area contributed by atoms with E-state index in [0.29, 0.717) is 5.84 Å². The zero-order valence-corrected chi connectivity index (χ0v) is 9.36. The van der Waals surface area contributed by atoms with Gasteiger partial charge in [0.05, 0.1) is 6.54 Å². The summed E-state index contributed by atoms with van der Waals surface area (Å²) >= 11 is 3.39. The van der Waals surface area contributed by atoms with E-state index in [1.807, 2.05) is 24.3 Å². The summed E-state index contributed by atoms with van der Waals surface area (Å²) < 4.78 is 0.905. The number of nitrogens with zero attached hydrogens (tertiary/aromatic N) is 1. The standard InChI is InChI=1S/C10H9BrN2O2/c11-7-4-2-1-3-6(7)9-12-5-8(13-9)10(14)15/h1-4,8H,5H2,(H,12,13)(H,14,15). The van der Waals surface area contributed by atoms with Crippen molar-refractivity contribution in [3.8, 4) is 0 Å². The van der Waals surface area contributed by atoms with Crippen molar-refractivity contribution < 1.29 is 9.90 Å². The van der Waals surface area contributed by atoms with E-state index in [2.05, 4.69) is 26.2 Å². The minimum absolute atomic E-state index is 0.284. The van der Waals surface area contributed by atoms with Crippen LogP contribution in [0.25, 0.3) is 0 Å². The fourth-order valence-electron chi connectivity index (χ4n) is 1.39. The second kappa shape index (κ2) is 4.02. The normalized spacial score (nSPS) is 19.5. The molecule has 1 aromatic carbocycles. The van der Waals surface area contributed by atoms with Crippen LogP contribution < -0.4 is 5.32 Å². The molecule has 1 atom stereocenters. The zero-order valence-electron chi connectivity index (χ0n) is 7.77. The third-order valence-corrected chi connectivity index (χ3v) is 2.86. The topological polar surface area (TPSA) is 61.7 Å². The number of nitrogens with one attached hydrogen (secondary N) is 1. The summed E-state index contributed by atoms with van der Waals surface area (Å²) in [5.41, 5.74) is 0.890. The molecule has 1 aromatic rings. The molecule has 1 aliphatic heterocycles. The number of hydrogen-bond donors (Lipinski definition) is 2. The Morgan fingerprint density at radius 2 is 2.27 bits per heavy atom. The molecule has 0 radical (unpaired) electrons. The van der Waals surface area contributed by atoms with Crippen molar-refractivity contribution in [2.75, 3.05) is 6.54 Å². The Kier molecular flexibility index (Phi) is 2.73. The van der Waals surface area contributed by atoms with Crippen LogP contribution in [0.4, 0.5) is 0 Å². The summed E-state index contributed by atoms with van der Waals surface area (Å²) in [5, 5.41) is 11.7. The Morgan fingerprint density at radius 3 is 2.87 bits per heavy atom. The number of benzene rings is 1. The third-order valence-electron chi connectivity index (χ3n) is 2.17. The average Bonchev–Trinajstić information content (AvgIpc) is 2.67. The number of hydrogen-bond acceptors (Lipinski definition) is 3. The Hall–Kier alpha value is -1.36. The van der Waals surface area contributed by atoms with Gasteiger partial charge in [-0.15, -0.1) is 0 Å². The number of aliphatic imine (C=N–C) groups is 1. The maximum absolute atomic E-state index is 10.7. The van der Waals surface area contributed by atoms with Gasteiger partial charge in [0.15, 0.2) is 0 Å². The van der Waals surface area contributed by atoms with Crippen molar-refractivity contribution >= 4 is 27.7 Å². The van der Waals surface area contributed by atoms with Gasteiger partial charge < -0.3 is 10.4 Å². The highest BCUT2D eigenvalue weighted by Gasteiger charge is 2.25. The highest BCUT2D eigenvalue weighted by atomic mass is 79.9. The van der Waals surface area contributed by atoms with Crippen molar-refractivity contribution in [2.24, 2.45) is 4.99 Å². The minimum atomic E-state index is -0.874. The molecular formula is C10H9BrN2O2. The molecule has 4 nitrogen and oxygen atoms in total. The van der Waals surface area contributed by atoms with E-state index in [0.717, 1.165) is 10.0 Å². The number of carboxylic acids is 1. The molecule has 0 spiro atoms. The lowest BCUT2D eigenvalue weighted by molar-refractivity contribution is -0.138. The lowest BCUT2D eigenvalue weighted by atomic mass is 10.2. The Morgan fingerprint density at radius 1 is 1.53 bits per heavy atom. The molecule has 0 saturated carbocycles. The van der Waals surface area contributed by atoms with E-state index in [-0.39, 0.29) is 6.54 Å². The van der Waals surface area contributed by atoms with E-state index >= 15 is 0 Å². The first-order chi connectivity index (χ1) is 7.18. The minimum Gasteiger partial charge on any atom is -0.480 e. The molecule has 5 heteroatoms. The molecule has 0 bridgehead atoms. The largest absolute Gasteiger partial charge is 0.480 e. The smallest absolute Gasteiger partial charge is 0.328 e. The van der Waals surface area contributed by atoms with Gasteiger partial charge in [0.1, 0.15) is 11.9 Å². The molecule has 1 unspecified atom stereocenters. The molecule has 2 rings (SSSR count). The fraction of sp³-hybridized carbons (Fsp3) is 0.200. The summed E-state index contributed by atoms with van der Waals surface area (Å²) in [5.74, 6) is -0.240. The summed E-state index contributed by atoms with van der Waals surface area (Å²) in [6.07, 6.45) is 0. The van der Waals surface area contributed by atoms with Gasteiger partial charge in [0, 0.05) is 10.0 Å². The number of rotatable bonds is 2. The van der Waals surface area contributed by atoms with Crippen molar-refractivity contribution in [1.29, 1.82) is 0 Å². The van der Waals surface area contributed by atoms with E-state index in [9.17, 15) is 4.79 Å². The third kappa shape index (κ3) is 2.02. The number of halogens is 1. The summed E-state index contributed by atoms with van der Waals surface area (Å²) in [6.45, 7) is 0.284. The highest BCUT2D eigenvalue weighted by Crippen LogP contribution is 2.17. The molecule has 1 aliphatic rings. The average molecular weight is 269 g/mol. The van der Waals surface area contributed by atoms with E-state index in [4.69, 9.17) is 5.11 Å². The van der Waals surface area contributed by atoms with Crippen molar-refractivity contribution in [1.82, 2.24) is 5.32 Å². The van der Waals surface area contributed by atoms with Gasteiger partial charge in [-0.1, -0.05) is 34.1 Å². The van der Waals surface area contributed by atoms with E-state index in [1.54, 1.807) is 0 Å². The number of carboxylic acid groups (broad SMARTS) is 1. The van der Waals surface area contributed by atoms with Crippen molar-refractivity contribution in [2.45, 2.75) is 6.04 Å². The molecule has 78 valence electrons. The lowest BCUT2D eigenvalue weighted by Gasteiger charge is -2.07. The van der Waals surface area contributed by atoms with Crippen LogP contribution in [0, 0.1) is 0 Å². The highest BCUT2D eigenvalue weighted by molar-refractivity contribution is 9.10. The lowest BCUT2D eigenvalue weighted by Crippen LogP contribution is -2.37. The van der Waals surface area contributed by atoms with Crippen molar-refractivity contribution in [3.05, 3.63) is 34.3 Å². The molecule has 0 fully saturated rings. The Labute approximate surface area is 95.2 Å². The van der Waals surface area contributed by atoms with Crippen LogP contribution in [0.1, 0.15) is 5.56 Å². The van der Waals surface area contributed by atoms with Crippen LogP contribution in [0.2, 0.25) is 0 Å². The molecule has 0 saturated heterocycles. The van der Waals surface area contributed by atoms with Gasteiger partial charge in [0.25, 0.3) is 0 Å². The maximum Gasteiger partial charge on any atom is 0.328 e. The molecule has 0 aromatic heterocycles. The molecule has 0 amide bonds. The maximum atomic E-state index is 10.7. The van der Waals surface area contributed by atoms with Gasteiger partial charge in [-0.2, -0.15) is 0 Å². The van der Waals surface area contributed by atoms with Gasteiger partial charge >= 0.3 is 5.97 Å². The molecule has 1 heterocycles. The monoisotopic (exact) mass is 268 g/mol. The first-order valence-corrected chi connectivity index (χ1v) is 5.26. The number of amidine groups is 1. The molecular weight excluding hydrogens is 260 g/mol. The summed E-state index contributed by atoms with van der Waals surface area (Å²) in [4.78, 5) is 14.9. The van der Waals surface area contributed by atoms with Crippen LogP contribution in [0.5, 0.6) is 0 Å². The van der Waals surface area contributed by atoms with Gasteiger partial charge in [0.2, 0.25) is 0 Å². The summed E-state index contributed by atoms with van der Waals surface area (Å²) in [7, 11) is 0. The van der Waals surface area contributed by atoms with Crippen LogP contribution in [-0.2, 0) is 4.79 Å². The van der Waals surface area contributed by atoms with Crippen LogP contribution in [-0.4, -0.2) is 29.5 Å². The van der Waals surface area contributed by atoms with Crippen LogP contribution in [0.3, 0.4) is 0 Å². The zero-order chi connectivity index (χ0) is 10.8. The number of aliphatic carboxylic acids is 1. The second-order valence-electron chi connectivity index (χ2n) is 3.20. The quantitative estimate of drug-likeness (QED) is 0.849. The first kappa shape index (κ1) is 10.2. The van der Waals surface area contributed by atoms with Crippen molar-refractivity contribution in [3.63, 3.8) is 0 Å². The van der Waals surface area contributed by atoms with Gasteiger partial charge in [-0.05, 0) is 6.07 Å². The molecule has 0 aliphatic carbocycles. The Bertz CT molecular complexity index is 431.